The van der Waals surface area contributed by atoms with Crippen molar-refractivity contribution in [1.29, 1.82) is 0 Å². The standard InChI is InChI=1S/C19H16N10O4.ClH/c20-17-18(26-33-25-17)28-15(11-21-13-6-2-1-3-7-13)16(23-27-28)19(30)24-22-10-12-5-4-8-14(9-12)29(31)32;/h1-10,21H,11H2,(H2,20,25)(H,24,30);1H. The van der Waals surface area contributed by atoms with Gasteiger partial charge in [0, 0.05) is 23.4 Å². The van der Waals surface area contributed by atoms with E-state index >= 15 is 0 Å². The highest BCUT2D eigenvalue weighted by molar-refractivity contribution is 5.94. The van der Waals surface area contributed by atoms with Crippen LogP contribution in [-0.4, -0.2) is 42.4 Å². The first kappa shape index (κ1) is 23.8. The van der Waals surface area contributed by atoms with Crippen LogP contribution in [0.2, 0.25) is 0 Å². The van der Waals surface area contributed by atoms with Gasteiger partial charge in [0.15, 0.2) is 5.69 Å². The van der Waals surface area contributed by atoms with Gasteiger partial charge >= 0.3 is 0 Å². The number of halogens is 1. The van der Waals surface area contributed by atoms with Crippen molar-refractivity contribution in [2.24, 2.45) is 5.10 Å². The van der Waals surface area contributed by atoms with Crippen LogP contribution < -0.4 is 16.5 Å². The largest absolute Gasteiger partial charge is 0.379 e. The second kappa shape index (κ2) is 10.6. The molecule has 2 aromatic carbocycles. The van der Waals surface area contributed by atoms with Crippen molar-refractivity contribution >= 4 is 41.7 Å². The number of amides is 1. The summed E-state index contributed by atoms with van der Waals surface area (Å²) in [5, 5.41) is 33.0. The summed E-state index contributed by atoms with van der Waals surface area (Å²) in [5.74, 6) is -0.620. The first-order valence-electron chi connectivity index (χ1n) is 9.42. The summed E-state index contributed by atoms with van der Waals surface area (Å²) >= 11 is 0. The maximum atomic E-state index is 12.7. The van der Waals surface area contributed by atoms with Crippen LogP contribution in [0, 0.1) is 10.1 Å². The molecule has 0 saturated heterocycles. The van der Waals surface area contributed by atoms with Crippen molar-refractivity contribution in [1.82, 2.24) is 30.7 Å². The Morgan fingerprint density at radius 1 is 1.21 bits per heavy atom. The Bertz CT molecular complexity index is 1320. The van der Waals surface area contributed by atoms with Crippen molar-refractivity contribution in [3.05, 3.63) is 81.7 Å². The monoisotopic (exact) mass is 484 g/mol. The lowest BCUT2D eigenvalue weighted by atomic mass is 10.2. The number of carbonyl (C=O) groups is 1. The number of nitro groups is 1. The molecule has 4 aromatic rings. The molecule has 0 bridgehead atoms. The number of hydrogen-bond acceptors (Lipinski definition) is 11. The number of benzene rings is 2. The minimum atomic E-state index is -0.664. The molecule has 0 aliphatic rings. The van der Waals surface area contributed by atoms with E-state index in [0.29, 0.717) is 11.3 Å². The molecule has 0 unspecified atom stereocenters. The first-order chi connectivity index (χ1) is 16.0. The number of non-ortho nitro benzene ring substituents is 1. The van der Waals surface area contributed by atoms with E-state index < -0.39 is 10.8 Å². The Morgan fingerprint density at radius 3 is 2.71 bits per heavy atom. The average Bonchev–Trinajstić information content (AvgIpc) is 3.44. The van der Waals surface area contributed by atoms with Crippen LogP contribution in [0.3, 0.4) is 0 Å². The summed E-state index contributed by atoms with van der Waals surface area (Å²) in [6, 6.07) is 15.1. The van der Waals surface area contributed by atoms with E-state index in [1.54, 1.807) is 6.07 Å². The highest BCUT2D eigenvalue weighted by Gasteiger charge is 2.23. The van der Waals surface area contributed by atoms with Gasteiger partial charge in [-0.05, 0) is 22.4 Å². The summed E-state index contributed by atoms with van der Waals surface area (Å²) in [6.07, 6.45) is 1.27. The van der Waals surface area contributed by atoms with Gasteiger partial charge in [0.05, 0.1) is 23.4 Å². The molecule has 4 N–H and O–H groups in total. The van der Waals surface area contributed by atoms with Crippen LogP contribution in [0.5, 0.6) is 0 Å². The molecular formula is C19H17ClN10O4. The normalized spacial score (nSPS) is 10.6. The molecule has 34 heavy (non-hydrogen) atoms. The summed E-state index contributed by atoms with van der Waals surface area (Å²) in [6.45, 7) is 0.140. The topological polar surface area (TPSA) is 192 Å². The zero-order valence-corrected chi connectivity index (χ0v) is 18.0. The van der Waals surface area contributed by atoms with E-state index in [4.69, 9.17) is 5.73 Å². The fraction of sp³-hybridized carbons (Fsp3) is 0.0526. The highest BCUT2D eigenvalue weighted by atomic mass is 35.5. The van der Waals surface area contributed by atoms with Crippen molar-refractivity contribution in [2.75, 3.05) is 11.1 Å². The summed E-state index contributed by atoms with van der Waals surface area (Å²) < 4.78 is 5.86. The Kier molecular flexibility index (Phi) is 7.45. The number of nitrogens with zero attached hydrogens (tertiary/aromatic N) is 7. The third-order valence-electron chi connectivity index (χ3n) is 4.37. The van der Waals surface area contributed by atoms with E-state index in [9.17, 15) is 14.9 Å². The van der Waals surface area contributed by atoms with Gasteiger partial charge in [-0.15, -0.1) is 17.5 Å². The van der Waals surface area contributed by atoms with Gasteiger partial charge in [-0.1, -0.05) is 35.5 Å². The van der Waals surface area contributed by atoms with Gasteiger partial charge < -0.3 is 11.1 Å². The lowest BCUT2D eigenvalue weighted by Crippen LogP contribution is -2.21. The predicted molar refractivity (Wildman–Crippen MR) is 123 cm³/mol. The zero-order valence-electron chi connectivity index (χ0n) is 17.2. The second-order valence-electron chi connectivity index (χ2n) is 6.54. The van der Waals surface area contributed by atoms with E-state index in [2.05, 4.69) is 41.1 Å². The van der Waals surface area contributed by atoms with Gasteiger partial charge in [0.25, 0.3) is 11.6 Å². The molecule has 0 saturated carbocycles. The number of aromatic nitrogens is 5. The average molecular weight is 485 g/mol. The van der Waals surface area contributed by atoms with Gasteiger partial charge in [0.2, 0.25) is 11.6 Å². The molecule has 0 radical (unpaired) electrons. The van der Waals surface area contributed by atoms with Crippen LogP contribution in [-0.2, 0) is 6.54 Å². The van der Waals surface area contributed by atoms with E-state index in [-0.39, 0.29) is 42.0 Å². The van der Waals surface area contributed by atoms with Crippen molar-refractivity contribution < 1.29 is 14.3 Å². The van der Waals surface area contributed by atoms with Gasteiger partial charge in [-0.3, -0.25) is 14.9 Å². The molecule has 14 nitrogen and oxygen atoms in total. The minimum Gasteiger partial charge on any atom is -0.379 e. The van der Waals surface area contributed by atoms with Crippen molar-refractivity contribution in [3.63, 3.8) is 0 Å². The molecule has 2 aromatic heterocycles. The number of nitro benzene ring substituents is 1. The number of nitrogens with two attached hydrogens (primary N) is 1. The Balaban J connectivity index is 0.00000324. The third-order valence-corrected chi connectivity index (χ3v) is 4.37. The second-order valence-corrected chi connectivity index (χ2v) is 6.54. The van der Waals surface area contributed by atoms with E-state index in [1.165, 1.54) is 29.1 Å². The van der Waals surface area contributed by atoms with Crippen LogP contribution in [0.1, 0.15) is 21.7 Å². The third kappa shape index (κ3) is 5.31. The quantitative estimate of drug-likeness (QED) is 0.189. The highest BCUT2D eigenvalue weighted by Crippen LogP contribution is 2.17. The van der Waals surface area contributed by atoms with Gasteiger partial charge in [0.1, 0.15) is 0 Å². The first-order valence-corrected chi connectivity index (χ1v) is 9.42. The number of nitrogen functional groups attached to an aromatic ring is 1. The fourth-order valence-corrected chi connectivity index (χ4v) is 2.82. The summed E-state index contributed by atoms with van der Waals surface area (Å²) in [4.78, 5) is 23.1. The number of rotatable bonds is 8. The SMILES string of the molecule is Cl.Nc1nonc1-n1nnc(C(=O)NN=Cc2cccc([N+](=O)[O-])c2)c1CNc1ccccc1. The molecule has 0 spiro atoms. The fourth-order valence-electron chi connectivity index (χ4n) is 2.82. The van der Waals surface area contributed by atoms with Crippen molar-refractivity contribution in [2.45, 2.75) is 6.54 Å². The molecule has 0 aliphatic heterocycles. The lowest BCUT2D eigenvalue weighted by Gasteiger charge is -2.08. The lowest BCUT2D eigenvalue weighted by molar-refractivity contribution is -0.384. The minimum absolute atomic E-state index is 0. The maximum Gasteiger partial charge on any atom is 0.293 e. The molecule has 15 heteroatoms. The van der Waals surface area contributed by atoms with Crippen molar-refractivity contribution in [3.8, 4) is 5.82 Å². The summed E-state index contributed by atoms with van der Waals surface area (Å²) in [5.41, 5.74) is 9.51. The zero-order chi connectivity index (χ0) is 23.2. The Morgan fingerprint density at radius 2 is 2.00 bits per heavy atom. The molecule has 0 atom stereocenters. The van der Waals surface area contributed by atoms with Crippen LogP contribution in [0.4, 0.5) is 17.2 Å². The Labute approximate surface area is 197 Å². The number of hydrogen-bond donors (Lipinski definition) is 3. The molecule has 1 amide bonds. The van der Waals surface area contributed by atoms with E-state index in [0.717, 1.165) is 5.69 Å². The molecular weight excluding hydrogens is 468 g/mol. The predicted octanol–water partition coefficient (Wildman–Crippen LogP) is 1.94. The number of carbonyl (C=O) groups excluding carboxylic acids is 1. The number of nitrogens with one attached hydrogen (secondary N) is 2. The van der Waals surface area contributed by atoms with Gasteiger partial charge in [-0.25, -0.2) is 10.1 Å². The molecule has 0 fully saturated rings. The number of anilines is 2. The number of para-hydroxylation sites is 1. The molecule has 2 heterocycles. The van der Waals surface area contributed by atoms with Crippen LogP contribution in [0.15, 0.2) is 64.3 Å². The Hall–Kier alpha value is -4.85. The van der Waals surface area contributed by atoms with Crippen LogP contribution in [0.25, 0.3) is 5.82 Å². The van der Waals surface area contributed by atoms with Crippen LogP contribution >= 0.6 is 12.4 Å². The molecule has 4 rings (SSSR count). The van der Waals surface area contributed by atoms with Gasteiger partial charge in [-0.2, -0.15) is 9.78 Å². The summed E-state index contributed by atoms with van der Waals surface area (Å²) in [7, 11) is 0. The maximum absolute atomic E-state index is 12.7. The smallest absolute Gasteiger partial charge is 0.293 e. The van der Waals surface area contributed by atoms with E-state index in [1.807, 2.05) is 30.3 Å². The molecule has 0 aliphatic carbocycles. The molecule has 174 valence electrons. The number of hydrazone groups is 1.